The Bertz CT molecular complexity index is 306. The van der Waals surface area contributed by atoms with E-state index < -0.39 is 0 Å². The van der Waals surface area contributed by atoms with Gasteiger partial charge in [0.25, 0.3) is 0 Å². The molecule has 0 aliphatic heterocycles. The second-order valence-electron chi connectivity index (χ2n) is 5.38. The first kappa shape index (κ1) is 14.7. The molecule has 1 aromatic heterocycles. The van der Waals surface area contributed by atoms with E-state index in [0.29, 0.717) is 11.5 Å². The van der Waals surface area contributed by atoms with Crippen molar-refractivity contribution in [1.82, 2.24) is 10.2 Å². The van der Waals surface area contributed by atoms with Crippen LogP contribution in [-0.4, -0.2) is 31.1 Å². The van der Waals surface area contributed by atoms with Crippen molar-refractivity contribution < 1.29 is 0 Å². The van der Waals surface area contributed by atoms with Crippen LogP contribution in [0.4, 0.5) is 0 Å². The van der Waals surface area contributed by atoms with Gasteiger partial charge in [0, 0.05) is 24.0 Å². The average molecular weight is 254 g/mol. The molecule has 0 saturated carbocycles. The maximum atomic E-state index is 3.37. The van der Waals surface area contributed by atoms with E-state index in [1.54, 1.807) is 0 Å². The van der Waals surface area contributed by atoms with Crippen molar-refractivity contribution >= 4 is 11.3 Å². The number of thiophene rings is 1. The van der Waals surface area contributed by atoms with Crippen LogP contribution in [0, 0.1) is 5.41 Å². The SMILES string of the molecule is CCN(Cc1cccs1)CC(C)(C)C(C)NC. The van der Waals surface area contributed by atoms with Crippen molar-refractivity contribution in [2.45, 2.75) is 40.3 Å². The van der Waals surface area contributed by atoms with Crippen LogP contribution in [0.2, 0.25) is 0 Å². The minimum Gasteiger partial charge on any atom is -0.317 e. The molecule has 0 radical (unpaired) electrons. The van der Waals surface area contributed by atoms with E-state index in [9.17, 15) is 0 Å². The minimum atomic E-state index is 0.294. The Morgan fingerprint density at radius 3 is 2.65 bits per heavy atom. The van der Waals surface area contributed by atoms with E-state index in [4.69, 9.17) is 0 Å². The van der Waals surface area contributed by atoms with Gasteiger partial charge in [-0.1, -0.05) is 26.8 Å². The lowest BCUT2D eigenvalue weighted by Crippen LogP contribution is -2.45. The van der Waals surface area contributed by atoms with Crippen molar-refractivity contribution in [3.63, 3.8) is 0 Å². The van der Waals surface area contributed by atoms with E-state index in [0.717, 1.165) is 19.6 Å². The van der Waals surface area contributed by atoms with E-state index in [2.05, 4.69) is 55.4 Å². The number of hydrogen-bond donors (Lipinski definition) is 1. The highest BCUT2D eigenvalue weighted by Crippen LogP contribution is 2.23. The smallest absolute Gasteiger partial charge is 0.0328 e. The topological polar surface area (TPSA) is 15.3 Å². The first-order valence-corrected chi connectivity index (χ1v) is 7.29. The summed E-state index contributed by atoms with van der Waals surface area (Å²) in [5.41, 5.74) is 0.294. The van der Waals surface area contributed by atoms with E-state index >= 15 is 0 Å². The van der Waals surface area contributed by atoms with Crippen LogP contribution in [0.3, 0.4) is 0 Å². The van der Waals surface area contributed by atoms with Crippen LogP contribution in [0.25, 0.3) is 0 Å². The Morgan fingerprint density at radius 2 is 2.18 bits per heavy atom. The third-order valence-corrected chi connectivity index (χ3v) is 4.50. The molecule has 0 fully saturated rings. The summed E-state index contributed by atoms with van der Waals surface area (Å²) in [6.45, 7) is 12.5. The van der Waals surface area contributed by atoms with Crippen LogP contribution in [0.1, 0.15) is 32.6 Å². The Balaban J connectivity index is 2.57. The van der Waals surface area contributed by atoms with E-state index in [1.165, 1.54) is 4.88 Å². The number of nitrogens with one attached hydrogen (secondary N) is 1. The first-order chi connectivity index (χ1) is 7.99. The molecule has 1 unspecified atom stereocenters. The Labute approximate surface area is 110 Å². The van der Waals surface area contributed by atoms with Gasteiger partial charge >= 0.3 is 0 Å². The highest BCUT2D eigenvalue weighted by Gasteiger charge is 2.26. The van der Waals surface area contributed by atoms with Gasteiger partial charge in [0.2, 0.25) is 0 Å². The van der Waals surface area contributed by atoms with Crippen molar-refractivity contribution in [1.29, 1.82) is 0 Å². The molecular weight excluding hydrogens is 228 g/mol. The molecule has 3 heteroatoms. The number of hydrogen-bond acceptors (Lipinski definition) is 3. The van der Waals surface area contributed by atoms with Crippen LogP contribution in [-0.2, 0) is 6.54 Å². The molecule has 2 nitrogen and oxygen atoms in total. The van der Waals surface area contributed by atoms with Gasteiger partial charge in [0.05, 0.1) is 0 Å². The van der Waals surface area contributed by atoms with Gasteiger partial charge in [0.15, 0.2) is 0 Å². The fourth-order valence-corrected chi connectivity index (χ4v) is 2.75. The minimum absolute atomic E-state index is 0.294. The van der Waals surface area contributed by atoms with Crippen molar-refractivity contribution in [2.24, 2.45) is 5.41 Å². The Hall–Kier alpha value is -0.380. The summed E-state index contributed by atoms with van der Waals surface area (Å²) in [5.74, 6) is 0. The van der Waals surface area contributed by atoms with Crippen LogP contribution in [0.15, 0.2) is 17.5 Å². The normalized spacial score (nSPS) is 14.2. The van der Waals surface area contributed by atoms with Crippen LogP contribution < -0.4 is 5.32 Å². The quantitative estimate of drug-likeness (QED) is 0.804. The third kappa shape index (κ3) is 4.41. The molecule has 0 spiro atoms. The van der Waals surface area contributed by atoms with Gasteiger partial charge in [-0.05, 0) is 37.4 Å². The summed E-state index contributed by atoms with van der Waals surface area (Å²) in [7, 11) is 2.04. The average Bonchev–Trinajstić information content (AvgIpc) is 2.79. The molecule has 0 aromatic carbocycles. The monoisotopic (exact) mass is 254 g/mol. The predicted molar refractivity (Wildman–Crippen MR) is 77.6 cm³/mol. The molecule has 1 N–H and O–H groups in total. The van der Waals surface area contributed by atoms with E-state index in [1.807, 2.05) is 18.4 Å². The van der Waals surface area contributed by atoms with Crippen molar-refractivity contribution in [2.75, 3.05) is 20.1 Å². The molecule has 1 atom stereocenters. The molecule has 0 amide bonds. The molecule has 1 aromatic rings. The second kappa shape index (κ2) is 6.53. The summed E-state index contributed by atoms with van der Waals surface area (Å²) >= 11 is 1.85. The zero-order chi connectivity index (χ0) is 12.9. The summed E-state index contributed by atoms with van der Waals surface area (Å²) in [4.78, 5) is 3.99. The Kier molecular flexibility index (Phi) is 5.63. The van der Waals surface area contributed by atoms with Gasteiger partial charge in [0.1, 0.15) is 0 Å². The maximum Gasteiger partial charge on any atom is 0.0328 e. The molecule has 17 heavy (non-hydrogen) atoms. The summed E-state index contributed by atoms with van der Waals surface area (Å²) in [6.07, 6.45) is 0. The lowest BCUT2D eigenvalue weighted by molar-refractivity contribution is 0.146. The fraction of sp³-hybridized carbons (Fsp3) is 0.714. The standard InChI is InChI=1S/C14H26N2S/c1-6-16(10-13-8-7-9-17-13)11-14(3,4)12(2)15-5/h7-9,12,15H,6,10-11H2,1-5H3. The summed E-state index contributed by atoms with van der Waals surface area (Å²) in [5, 5.41) is 5.53. The zero-order valence-corrected chi connectivity index (χ0v) is 12.6. The second-order valence-corrected chi connectivity index (χ2v) is 6.41. The highest BCUT2D eigenvalue weighted by molar-refractivity contribution is 7.09. The maximum absolute atomic E-state index is 3.37. The van der Waals surface area contributed by atoms with Crippen molar-refractivity contribution in [3.8, 4) is 0 Å². The first-order valence-electron chi connectivity index (χ1n) is 6.41. The van der Waals surface area contributed by atoms with Gasteiger partial charge < -0.3 is 5.32 Å². The van der Waals surface area contributed by atoms with E-state index in [-0.39, 0.29) is 0 Å². The lowest BCUT2D eigenvalue weighted by atomic mass is 9.85. The fourth-order valence-electron chi connectivity index (χ4n) is 2.01. The summed E-state index contributed by atoms with van der Waals surface area (Å²) in [6, 6.07) is 4.89. The van der Waals surface area contributed by atoms with Crippen LogP contribution >= 0.6 is 11.3 Å². The van der Waals surface area contributed by atoms with Gasteiger partial charge in [-0.15, -0.1) is 11.3 Å². The largest absolute Gasteiger partial charge is 0.317 e. The van der Waals surface area contributed by atoms with Gasteiger partial charge in [-0.2, -0.15) is 0 Å². The molecule has 1 heterocycles. The summed E-state index contributed by atoms with van der Waals surface area (Å²) < 4.78 is 0. The molecular formula is C14H26N2S. The number of rotatable bonds is 7. The predicted octanol–water partition coefficient (Wildman–Crippen LogP) is 3.20. The number of nitrogens with zero attached hydrogens (tertiary/aromatic N) is 1. The zero-order valence-electron chi connectivity index (χ0n) is 11.8. The van der Waals surface area contributed by atoms with Crippen LogP contribution in [0.5, 0.6) is 0 Å². The van der Waals surface area contributed by atoms with Gasteiger partial charge in [-0.25, -0.2) is 0 Å². The molecule has 0 bridgehead atoms. The third-order valence-electron chi connectivity index (χ3n) is 3.64. The van der Waals surface area contributed by atoms with Crippen molar-refractivity contribution in [3.05, 3.63) is 22.4 Å². The molecule has 0 aliphatic carbocycles. The molecule has 1 rings (SSSR count). The van der Waals surface area contributed by atoms with Gasteiger partial charge in [-0.3, -0.25) is 4.90 Å². The lowest BCUT2D eigenvalue weighted by Gasteiger charge is -2.36. The Morgan fingerprint density at radius 1 is 1.47 bits per heavy atom. The molecule has 98 valence electrons. The highest BCUT2D eigenvalue weighted by atomic mass is 32.1. The molecule has 0 saturated heterocycles. The molecule has 0 aliphatic rings.